The summed E-state index contributed by atoms with van der Waals surface area (Å²) in [6.07, 6.45) is 2.92. The van der Waals surface area contributed by atoms with Crippen molar-refractivity contribution in [1.82, 2.24) is 10.2 Å². The van der Waals surface area contributed by atoms with E-state index in [-0.39, 0.29) is 11.8 Å². The molecule has 2 fully saturated rings. The molecule has 1 saturated carbocycles. The summed E-state index contributed by atoms with van der Waals surface area (Å²) in [4.78, 5) is 29.2. The van der Waals surface area contributed by atoms with E-state index < -0.39 is 5.41 Å². The highest BCUT2D eigenvalue weighted by Gasteiger charge is 2.57. The number of hydrogen-bond acceptors (Lipinski definition) is 4. The first-order valence-corrected chi connectivity index (χ1v) is 8.68. The second-order valence-corrected chi connectivity index (χ2v) is 6.56. The van der Waals surface area contributed by atoms with Gasteiger partial charge in [-0.15, -0.1) is 6.58 Å². The Labute approximate surface area is 148 Å². The molecule has 6 nitrogen and oxygen atoms in total. The minimum absolute atomic E-state index is 0.0246. The lowest BCUT2D eigenvalue weighted by molar-refractivity contribution is -0.144. The Morgan fingerprint density at radius 1 is 1.20 bits per heavy atom. The maximum atomic E-state index is 12.8. The molecular formula is C19H25N3O3. The van der Waals surface area contributed by atoms with Crippen LogP contribution in [0.1, 0.15) is 12.8 Å². The van der Waals surface area contributed by atoms with Gasteiger partial charge in [0.15, 0.2) is 0 Å². The van der Waals surface area contributed by atoms with Gasteiger partial charge in [-0.2, -0.15) is 0 Å². The summed E-state index contributed by atoms with van der Waals surface area (Å²) in [6.45, 7) is 6.81. The molecule has 2 aliphatic rings. The summed E-state index contributed by atoms with van der Waals surface area (Å²) in [5.41, 5.74) is 0.295. The largest absolute Gasteiger partial charge is 0.497 e. The van der Waals surface area contributed by atoms with Gasteiger partial charge in [0, 0.05) is 38.4 Å². The maximum absolute atomic E-state index is 12.8. The van der Waals surface area contributed by atoms with Gasteiger partial charge in [-0.05, 0) is 37.1 Å². The fourth-order valence-corrected chi connectivity index (χ4v) is 3.26. The monoisotopic (exact) mass is 343 g/mol. The van der Waals surface area contributed by atoms with Crippen LogP contribution in [0.15, 0.2) is 36.9 Å². The van der Waals surface area contributed by atoms with Gasteiger partial charge >= 0.3 is 0 Å². The van der Waals surface area contributed by atoms with Crippen molar-refractivity contribution in [1.29, 1.82) is 0 Å². The van der Waals surface area contributed by atoms with Crippen LogP contribution in [-0.4, -0.2) is 56.5 Å². The van der Waals surface area contributed by atoms with Gasteiger partial charge < -0.3 is 19.9 Å². The van der Waals surface area contributed by atoms with E-state index >= 15 is 0 Å². The zero-order chi connectivity index (χ0) is 17.9. The highest BCUT2D eigenvalue weighted by Crippen LogP contribution is 2.47. The molecule has 0 radical (unpaired) electrons. The second kappa shape index (κ2) is 7.17. The van der Waals surface area contributed by atoms with E-state index in [1.54, 1.807) is 13.2 Å². The molecule has 1 aliphatic heterocycles. The predicted octanol–water partition coefficient (Wildman–Crippen LogP) is 1.43. The van der Waals surface area contributed by atoms with Crippen molar-refractivity contribution in [2.24, 2.45) is 5.41 Å². The molecule has 0 unspecified atom stereocenters. The number of amides is 2. The number of nitrogens with zero attached hydrogens (tertiary/aromatic N) is 2. The van der Waals surface area contributed by atoms with Crippen molar-refractivity contribution in [3.63, 3.8) is 0 Å². The number of ether oxygens (including phenoxy) is 1. The molecule has 1 aliphatic carbocycles. The van der Waals surface area contributed by atoms with Gasteiger partial charge in [-0.3, -0.25) is 9.59 Å². The summed E-state index contributed by atoms with van der Waals surface area (Å²) in [5, 5.41) is 2.77. The number of hydrogen-bond donors (Lipinski definition) is 1. The number of carbonyl (C=O) groups excluding carboxylic acids is 2. The number of carbonyl (C=O) groups is 2. The second-order valence-electron chi connectivity index (χ2n) is 6.56. The number of benzene rings is 1. The zero-order valence-electron chi connectivity index (χ0n) is 14.7. The van der Waals surface area contributed by atoms with E-state index in [2.05, 4.69) is 16.8 Å². The minimum Gasteiger partial charge on any atom is -0.497 e. The molecule has 0 spiro atoms. The molecule has 1 aromatic carbocycles. The predicted molar refractivity (Wildman–Crippen MR) is 96.7 cm³/mol. The van der Waals surface area contributed by atoms with Crippen LogP contribution in [0.5, 0.6) is 5.75 Å². The maximum Gasteiger partial charge on any atom is 0.238 e. The Balaban J connectivity index is 1.57. The van der Waals surface area contributed by atoms with E-state index in [1.165, 1.54) is 0 Å². The van der Waals surface area contributed by atoms with Crippen LogP contribution in [0.2, 0.25) is 0 Å². The summed E-state index contributed by atoms with van der Waals surface area (Å²) >= 11 is 0. The number of nitrogens with one attached hydrogen (secondary N) is 1. The first-order chi connectivity index (χ1) is 12.1. The topological polar surface area (TPSA) is 61.9 Å². The van der Waals surface area contributed by atoms with Crippen molar-refractivity contribution in [2.75, 3.05) is 44.7 Å². The standard InChI is InChI=1S/C19H25N3O3/c1-3-10-20-17(23)19(8-9-19)18(24)22-13-11-21(12-14-22)15-4-6-16(25-2)7-5-15/h3-7H,1,8-14H2,2H3,(H,20,23). The Hall–Kier alpha value is -2.50. The molecule has 0 atom stereocenters. The summed E-state index contributed by atoms with van der Waals surface area (Å²) in [7, 11) is 1.65. The summed E-state index contributed by atoms with van der Waals surface area (Å²) in [6, 6.07) is 7.94. The molecule has 134 valence electrons. The van der Waals surface area contributed by atoms with E-state index in [4.69, 9.17) is 4.74 Å². The Kier molecular flexibility index (Phi) is 4.97. The molecule has 3 rings (SSSR count). The molecular weight excluding hydrogens is 318 g/mol. The summed E-state index contributed by atoms with van der Waals surface area (Å²) in [5.74, 6) is 0.650. The number of piperazine rings is 1. The fraction of sp³-hybridized carbons (Fsp3) is 0.474. The lowest BCUT2D eigenvalue weighted by atomic mass is 10.0. The third-order valence-electron chi connectivity index (χ3n) is 5.01. The lowest BCUT2D eigenvalue weighted by Gasteiger charge is -2.37. The van der Waals surface area contributed by atoms with Gasteiger partial charge in [-0.1, -0.05) is 6.08 Å². The minimum atomic E-state index is -0.828. The first-order valence-electron chi connectivity index (χ1n) is 8.68. The lowest BCUT2D eigenvalue weighted by Crippen LogP contribution is -2.53. The van der Waals surface area contributed by atoms with Gasteiger partial charge in [0.05, 0.1) is 7.11 Å². The van der Waals surface area contributed by atoms with Crippen LogP contribution >= 0.6 is 0 Å². The molecule has 0 aromatic heterocycles. The van der Waals surface area contributed by atoms with Gasteiger partial charge in [0.25, 0.3) is 0 Å². The van der Waals surface area contributed by atoms with Crippen molar-refractivity contribution in [2.45, 2.75) is 12.8 Å². The SMILES string of the molecule is C=CCNC(=O)C1(C(=O)N2CCN(c3ccc(OC)cc3)CC2)CC1. The van der Waals surface area contributed by atoms with Gasteiger partial charge in [0.2, 0.25) is 11.8 Å². The van der Waals surface area contributed by atoms with E-state index in [0.29, 0.717) is 32.5 Å². The smallest absolute Gasteiger partial charge is 0.238 e. The van der Waals surface area contributed by atoms with E-state index in [0.717, 1.165) is 24.5 Å². The molecule has 6 heteroatoms. The van der Waals surface area contributed by atoms with E-state index in [1.807, 2.05) is 29.2 Å². The average molecular weight is 343 g/mol. The normalized spacial score (nSPS) is 18.4. The average Bonchev–Trinajstić information content (AvgIpc) is 3.48. The van der Waals surface area contributed by atoms with Crippen molar-refractivity contribution in [3.05, 3.63) is 36.9 Å². The van der Waals surface area contributed by atoms with Crippen LogP contribution in [-0.2, 0) is 9.59 Å². The molecule has 1 heterocycles. The summed E-state index contributed by atoms with van der Waals surface area (Å²) < 4.78 is 5.18. The molecule has 1 saturated heterocycles. The molecule has 1 N–H and O–H groups in total. The Morgan fingerprint density at radius 2 is 1.84 bits per heavy atom. The Morgan fingerprint density at radius 3 is 2.36 bits per heavy atom. The van der Waals surface area contributed by atoms with E-state index in [9.17, 15) is 9.59 Å². The van der Waals surface area contributed by atoms with Crippen LogP contribution < -0.4 is 15.0 Å². The zero-order valence-corrected chi connectivity index (χ0v) is 14.7. The van der Waals surface area contributed by atoms with Crippen LogP contribution in [0.3, 0.4) is 0 Å². The third kappa shape index (κ3) is 3.48. The van der Waals surface area contributed by atoms with Crippen LogP contribution in [0.4, 0.5) is 5.69 Å². The quantitative estimate of drug-likeness (QED) is 0.627. The fourth-order valence-electron chi connectivity index (χ4n) is 3.26. The van der Waals surface area contributed by atoms with Crippen molar-refractivity contribution >= 4 is 17.5 Å². The van der Waals surface area contributed by atoms with Gasteiger partial charge in [0.1, 0.15) is 11.2 Å². The third-order valence-corrected chi connectivity index (χ3v) is 5.01. The van der Waals surface area contributed by atoms with Crippen molar-refractivity contribution < 1.29 is 14.3 Å². The van der Waals surface area contributed by atoms with Crippen LogP contribution in [0.25, 0.3) is 0 Å². The number of rotatable bonds is 6. The first kappa shape index (κ1) is 17.3. The number of anilines is 1. The molecule has 1 aromatic rings. The molecule has 0 bridgehead atoms. The van der Waals surface area contributed by atoms with Crippen LogP contribution in [0, 0.1) is 5.41 Å². The van der Waals surface area contributed by atoms with Gasteiger partial charge in [-0.25, -0.2) is 0 Å². The highest BCUT2D eigenvalue weighted by atomic mass is 16.5. The number of methoxy groups -OCH3 is 1. The van der Waals surface area contributed by atoms with Crippen molar-refractivity contribution in [3.8, 4) is 5.75 Å². The molecule has 2 amide bonds. The molecule has 25 heavy (non-hydrogen) atoms. The Bertz CT molecular complexity index is 644. The highest BCUT2D eigenvalue weighted by molar-refractivity contribution is 6.08.